The number of carboxylic acids is 1. The predicted molar refractivity (Wildman–Crippen MR) is 203 cm³/mol. The van der Waals surface area contributed by atoms with E-state index in [0.29, 0.717) is 72.6 Å². The van der Waals surface area contributed by atoms with Gasteiger partial charge in [-0.3, -0.25) is 14.6 Å². The van der Waals surface area contributed by atoms with Crippen LogP contribution in [0.15, 0.2) is 60.8 Å². The second-order valence-electron chi connectivity index (χ2n) is 13.9. The lowest BCUT2D eigenvalue weighted by Crippen LogP contribution is -2.36. The molecule has 2 aliphatic rings. The summed E-state index contributed by atoms with van der Waals surface area (Å²) in [5.41, 5.74) is 5.81. The number of halogens is 1. The third kappa shape index (κ3) is 7.41. The zero-order valence-electron chi connectivity index (χ0n) is 30.5. The molecule has 1 aliphatic carbocycles. The molecule has 278 valence electrons. The Kier molecular flexibility index (Phi) is 10.8. The molecule has 12 nitrogen and oxygen atoms in total. The van der Waals surface area contributed by atoms with Gasteiger partial charge in [0, 0.05) is 60.4 Å². The van der Waals surface area contributed by atoms with Crippen LogP contribution in [0.1, 0.15) is 43.2 Å². The molecule has 1 saturated carbocycles. The van der Waals surface area contributed by atoms with Crippen molar-refractivity contribution in [2.75, 3.05) is 41.5 Å². The van der Waals surface area contributed by atoms with E-state index in [1.54, 1.807) is 26.0 Å². The van der Waals surface area contributed by atoms with E-state index in [9.17, 15) is 15.0 Å². The molecule has 3 aromatic heterocycles. The standard InChI is InChI=1S/C40H45ClN6O6/c1-45(26-14-11-24(12-15-26)40(49)50)21-25-13-16-33(43-38(25)52-3)30-9-5-8-29(37(30)41)28-7-6-10-34-31(28)20-42-47(34)36-19-35(51-2)32(39(44-36)53-4)23-46-18-17-27(48)22-46/h5-10,13,16,19-20,24,26-27,48H,11-12,14-15,17-18,21-23H2,1-4H3,(H,49,50)/t24?,26?,27-/m1/s1. The molecule has 0 unspecified atom stereocenters. The molecule has 1 saturated heterocycles. The number of benzene rings is 2. The molecule has 0 bridgehead atoms. The molecule has 13 heteroatoms. The van der Waals surface area contributed by atoms with Crippen LogP contribution in [-0.2, 0) is 17.9 Å². The number of carboxylic acid groups (broad SMARTS) is 1. The van der Waals surface area contributed by atoms with E-state index in [0.717, 1.165) is 64.5 Å². The molecular weight excluding hydrogens is 696 g/mol. The fraction of sp³-hybridized carbons (Fsp3) is 0.400. The van der Waals surface area contributed by atoms with Gasteiger partial charge in [-0.2, -0.15) is 10.1 Å². The molecule has 0 spiro atoms. The number of ether oxygens (including phenoxy) is 3. The number of rotatable bonds is 12. The Morgan fingerprint density at radius 2 is 1.66 bits per heavy atom. The first-order chi connectivity index (χ1) is 25.7. The summed E-state index contributed by atoms with van der Waals surface area (Å²) in [5, 5.41) is 25.6. The molecule has 7 rings (SSSR count). The Morgan fingerprint density at radius 3 is 2.36 bits per heavy atom. The molecule has 0 amide bonds. The van der Waals surface area contributed by atoms with E-state index in [1.807, 2.05) is 60.8 Å². The maximum Gasteiger partial charge on any atom is 0.306 e. The number of likely N-dealkylation sites (tertiary alicyclic amines) is 1. The first-order valence-corrected chi connectivity index (χ1v) is 18.3. The second kappa shape index (κ2) is 15.7. The Morgan fingerprint density at radius 1 is 0.925 bits per heavy atom. The first kappa shape index (κ1) is 36.6. The van der Waals surface area contributed by atoms with Crippen LogP contribution in [0, 0.1) is 5.92 Å². The van der Waals surface area contributed by atoms with Gasteiger partial charge in [-0.1, -0.05) is 48.0 Å². The van der Waals surface area contributed by atoms with Crippen LogP contribution in [0.4, 0.5) is 0 Å². The summed E-state index contributed by atoms with van der Waals surface area (Å²) in [4.78, 5) is 25.6. The molecule has 5 aromatic rings. The topological polar surface area (TPSA) is 135 Å². The predicted octanol–water partition coefficient (Wildman–Crippen LogP) is 6.47. The maximum atomic E-state index is 11.4. The van der Waals surface area contributed by atoms with Gasteiger partial charge in [0.15, 0.2) is 5.82 Å². The fourth-order valence-corrected chi connectivity index (χ4v) is 8.11. The monoisotopic (exact) mass is 740 g/mol. The Balaban J connectivity index is 1.17. The average Bonchev–Trinajstić information content (AvgIpc) is 3.81. The number of methoxy groups -OCH3 is 3. The van der Waals surface area contributed by atoms with Crippen LogP contribution >= 0.6 is 11.6 Å². The van der Waals surface area contributed by atoms with Gasteiger partial charge in [0.25, 0.3) is 0 Å². The highest BCUT2D eigenvalue weighted by atomic mass is 35.5. The summed E-state index contributed by atoms with van der Waals surface area (Å²) in [5.74, 6) is 1.21. The molecule has 1 aliphatic heterocycles. The molecule has 2 aromatic carbocycles. The van der Waals surface area contributed by atoms with Crippen molar-refractivity contribution in [3.8, 4) is 45.7 Å². The van der Waals surface area contributed by atoms with Crippen molar-refractivity contribution in [2.45, 2.75) is 57.3 Å². The van der Waals surface area contributed by atoms with Crippen molar-refractivity contribution in [1.82, 2.24) is 29.5 Å². The van der Waals surface area contributed by atoms with Gasteiger partial charge in [-0.15, -0.1) is 0 Å². The summed E-state index contributed by atoms with van der Waals surface area (Å²) in [6.45, 7) is 2.57. The number of pyridine rings is 2. The van der Waals surface area contributed by atoms with Gasteiger partial charge in [0.2, 0.25) is 11.8 Å². The number of hydrogen-bond donors (Lipinski definition) is 2. The lowest BCUT2D eigenvalue weighted by Gasteiger charge is -2.33. The van der Waals surface area contributed by atoms with Crippen molar-refractivity contribution in [3.05, 3.63) is 76.9 Å². The summed E-state index contributed by atoms with van der Waals surface area (Å²) in [6, 6.07) is 18.1. The van der Waals surface area contributed by atoms with E-state index in [1.165, 1.54) is 0 Å². The van der Waals surface area contributed by atoms with Crippen molar-refractivity contribution >= 4 is 28.5 Å². The van der Waals surface area contributed by atoms with E-state index in [-0.39, 0.29) is 12.0 Å². The SMILES string of the molecule is COc1cc(-n2ncc3c(-c4cccc(-c5ccc(CN(C)C6CCC(C(=O)O)CC6)c(OC)n5)c4Cl)cccc32)nc(OC)c1CN1CC[C@@H](O)C1. The number of aromatic nitrogens is 4. The minimum atomic E-state index is -0.695. The number of carbonyl (C=O) groups is 1. The fourth-order valence-electron chi connectivity index (χ4n) is 7.78. The van der Waals surface area contributed by atoms with Gasteiger partial charge in [0.05, 0.1) is 61.3 Å². The number of hydrogen-bond acceptors (Lipinski definition) is 10. The smallest absolute Gasteiger partial charge is 0.306 e. The summed E-state index contributed by atoms with van der Waals surface area (Å²) >= 11 is 7.21. The molecule has 4 heterocycles. The van der Waals surface area contributed by atoms with Crippen LogP contribution in [0.5, 0.6) is 17.5 Å². The number of aliphatic hydroxyl groups is 1. The van der Waals surface area contributed by atoms with Gasteiger partial charge in [-0.05, 0) is 56.8 Å². The normalized spacial score (nSPS) is 19.2. The number of aliphatic carboxylic acids is 1. The van der Waals surface area contributed by atoms with E-state index < -0.39 is 5.97 Å². The van der Waals surface area contributed by atoms with Crippen molar-refractivity contribution < 1.29 is 29.2 Å². The minimum absolute atomic E-state index is 0.247. The highest BCUT2D eigenvalue weighted by molar-refractivity contribution is 6.36. The average molecular weight is 741 g/mol. The van der Waals surface area contributed by atoms with Crippen LogP contribution in [-0.4, -0.2) is 99.3 Å². The van der Waals surface area contributed by atoms with Gasteiger partial charge in [-0.25, -0.2) is 9.67 Å². The van der Waals surface area contributed by atoms with Crippen LogP contribution in [0.2, 0.25) is 5.02 Å². The van der Waals surface area contributed by atoms with Gasteiger partial charge >= 0.3 is 5.97 Å². The van der Waals surface area contributed by atoms with Crippen LogP contribution in [0.3, 0.4) is 0 Å². The van der Waals surface area contributed by atoms with E-state index >= 15 is 0 Å². The van der Waals surface area contributed by atoms with Crippen molar-refractivity contribution in [1.29, 1.82) is 0 Å². The van der Waals surface area contributed by atoms with E-state index in [4.69, 9.17) is 40.9 Å². The van der Waals surface area contributed by atoms with Crippen molar-refractivity contribution in [3.63, 3.8) is 0 Å². The zero-order valence-corrected chi connectivity index (χ0v) is 31.2. The van der Waals surface area contributed by atoms with E-state index in [2.05, 4.69) is 16.8 Å². The van der Waals surface area contributed by atoms with Gasteiger partial charge < -0.3 is 24.4 Å². The molecule has 1 atom stereocenters. The lowest BCUT2D eigenvalue weighted by molar-refractivity contribution is -0.143. The molecule has 53 heavy (non-hydrogen) atoms. The minimum Gasteiger partial charge on any atom is -0.496 e. The Bertz CT molecular complexity index is 2090. The molecule has 0 radical (unpaired) electrons. The second-order valence-corrected chi connectivity index (χ2v) is 14.3. The third-order valence-corrected chi connectivity index (χ3v) is 11.1. The quantitative estimate of drug-likeness (QED) is 0.146. The van der Waals surface area contributed by atoms with Crippen LogP contribution < -0.4 is 14.2 Å². The van der Waals surface area contributed by atoms with Gasteiger partial charge in [0.1, 0.15) is 5.75 Å². The van der Waals surface area contributed by atoms with Crippen molar-refractivity contribution in [2.24, 2.45) is 5.92 Å². The maximum absolute atomic E-state index is 11.4. The molecule has 2 fully saturated rings. The van der Waals surface area contributed by atoms with Crippen LogP contribution in [0.25, 0.3) is 39.1 Å². The lowest BCUT2D eigenvalue weighted by atomic mass is 9.85. The Labute approximate surface area is 313 Å². The Hall–Kier alpha value is -4.75. The first-order valence-electron chi connectivity index (χ1n) is 17.9. The highest BCUT2D eigenvalue weighted by Gasteiger charge is 2.29. The number of aliphatic hydroxyl groups excluding tert-OH is 1. The molecule has 2 N–H and O–H groups in total. The molecular formula is C40H45ClN6O6. The summed E-state index contributed by atoms with van der Waals surface area (Å²) in [7, 11) is 6.91. The summed E-state index contributed by atoms with van der Waals surface area (Å²) in [6.07, 6.45) is 5.31. The zero-order chi connectivity index (χ0) is 37.2. The number of nitrogens with zero attached hydrogens (tertiary/aromatic N) is 6. The summed E-state index contributed by atoms with van der Waals surface area (Å²) < 4.78 is 19.1. The number of β-amino-alcohol motifs (C(OH)–C–C–N with tert-alkyl or cyclic N) is 1. The highest BCUT2D eigenvalue weighted by Crippen LogP contribution is 2.40. The largest absolute Gasteiger partial charge is 0.496 e. The third-order valence-electron chi connectivity index (χ3n) is 10.7. The number of fused-ring (bicyclic) bond motifs is 1.